The normalized spacial score (nSPS) is 30.9. The van der Waals surface area contributed by atoms with Crippen LogP contribution in [0.25, 0.3) is 12.2 Å². The zero-order chi connectivity index (χ0) is 24.5. The summed E-state index contributed by atoms with van der Waals surface area (Å²) >= 11 is 0. The first-order valence-electron chi connectivity index (χ1n) is 12.3. The summed E-state index contributed by atoms with van der Waals surface area (Å²) in [4.78, 5) is 39.4. The fourth-order valence-corrected chi connectivity index (χ4v) is 7.13. The fourth-order valence-electron chi connectivity index (χ4n) is 7.13. The molecule has 0 radical (unpaired) electrons. The van der Waals surface area contributed by atoms with E-state index in [4.69, 9.17) is 9.47 Å². The third kappa shape index (κ3) is 3.17. The number of esters is 2. The first-order valence-corrected chi connectivity index (χ1v) is 12.3. The summed E-state index contributed by atoms with van der Waals surface area (Å²) < 4.78 is 12.3. The minimum atomic E-state index is -1.03. The van der Waals surface area contributed by atoms with Crippen LogP contribution in [-0.2, 0) is 29.5 Å². The molecule has 178 valence electrons. The zero-order valence-corrected chi connectivity index (χ0v) is 19.9. The fraction of sp³-hybridized carbons (Fsp3) is 0.367. The summed E-state index contributed by atoms with van der Waals surface area (Å²) in [6.45, 7) is 7.23. The van der Waals surface area contributed by atoms with E-state index in [2.05, 4.69) is 6.58 Å². The van der Waals surface area contributed by atoms with E-state index in [9.17, 15) is 14.4 Å². The molecule has 4 aliphatic carbocycles. The van der Waals surface area contributed by atoms with E-state index < -0.39 is 23.6 Å². The Morgan fingerprint density at radius 3 is 2.14 bits per heavy atom. The monoisotopic (exact) mass is 468 g/mol. The highest BCUT2D eigenvalue weighted by molar-refractivity contribution is 5.92. The van der Waals surface area contributed by atoms with Crippen LogP contribution in [0.3, 0.4) is 0 Å². The van der Waals surface area contributed by atoms with Crippen molar-refractivity contribution in [3.8, 4) is 0 Å². The first kappa shape index (κ1) is 22.0. The number of hydrogen-bond acceptors (Lipinski definition) is 5. The van der Waals surface area contributed by atoms with Crippen molar-refractivity contribution in [1.29, 1.82) is 0 Å². The Bertz CT molecular complexity index is 1250. The van der Waals surface area contributed by atoms with E-state index in [0.717, 1.165) is 22.3 Å². The number of rotatable bonds is 4. The SMILES string of the molecule is C=C(C)C(=O)OC1C2CC(=O)C3C2CC1C3C(=O)OC1(C)c2ccccc2C=Cc2ccccc21. The van der Waals surface area contributed by atoms with Crippen molar-refractivity contribution in [3.05, 3.63) is 82.9 Å². The molecule has 0 saturated heterocycles. The molecule has 6 atom stereocenters. The van der Waals surface area contributed by atoms with Crippen LogP contribution in [0.15, 0.2) is 60.7 Å². The Morgan fingerprint density at radius 2 is 1.54 bits per heavy atom. The minimum absolute atomic E-state index is 0.0102. The number of Topliss-reactive ketones (excluding diaryl/α,β-unsaturated/α-hetero) is 1. The molecule has 2 aromatic carbocycles. The van der Waals surface area contributed by atoms with Gasteiger partial charge in [-0.15, -0.1) is 0 Å². The molecule has 4 aliphatic rings. The van der Waals surface area contributed by atoms with Crippen molar-refractivity contribution in [3.63, 3.8) is 0 Å². The maximum absolute atomic E-state index is 14.0. The van der Waals surface area contributed by atoms with Crippen LogP contribution in [0, 0.1) is 29.6 Å². The molecular formula is C30H28O5. The summed E-state index contributed by atoms with van der Waals surface area (Å²) in [5, 5.41) is 0. The minimum Gasteiger partial charge on any atom is -0.458 e. The lowest BCUT2D eigenvalue weighted by Gasteiger charge is -2.37. The Labute approximate surface area is 204 Å². The van der Waals surface area contributed by atoms with E-state index >= 15 is 0 Å². The van der Waals surface area contributed by atoms with Crippen LogP contribution in [0.4, 0.5) is 0 Å². The van der Waals surface area contributed by atoms with Gasteiger partial charge in [-0.1, -0.05) is 67.3 Å². The molecule has 5 nitrogen and oxygen atoms in total. The van der Waals surface area contributed by atoms with Gasteiger partial charge in [0.2, 0.25) is 0 Å². The molecule has 2 aromatic rings. The summed E-state index contributed by atoms with van der Waals surface area (Å²) in [5.41, 5.74) is 3.06. The third-order valence-electron chi connectivity index (χ3n) is 8.62. The van der Waals surface area contributed by atoms with Gasteiger partial charge >= 0.3 is 11.9 Å². The first-order chi connectivity index (χ1) is 16.8. The van der Waals surface area contributed by atoms with Crippen molar-refractivity contribution < 1.29 is 23.9 Å². The van der Waals surface area contributed by atoms with E-state index in [-0.39, 0.29) is 35.4 Å². The summed E-state index contributed by atoms with van der Waals surface area (Å²) in [7, 11) is 0. The zero-order valence-electron chi connectivity index (χ0n) is 19.9. The number of ketones is 1. The number of ether oxygens (including phenoxy) is 2. The van der Waals surface area contributed by atoms with Gasteiger partial charge in [0.05, 0.1) is 5.92 Å². The molecule has 3 fully saturated rings. The quantitative estimate of drug-likeness (QED) is 0.470. The van der Waals surface area contributed by atoms with Crippen molar-refractivity contribution in [2.45, 2.75) is 38.4 Å². The second kappa shape index (κ2) is 7.77. The maximum Gasteiger partial charge on any atom is 0.333 e. The number of hydrogen-bond donors (Lipinski definition) is 0. The van der Waals surface area contributed by atoms with Crippen LogP contribution in [0.2, 0.25) is 0 Å². The lowest BCUT2D eigenvalue weighted by atomic mass is 9.77. The second-order valence-electron chi connectivity index (χ2n) is 10.6. The molecule has 0 amide bonds. The maximum atomic E-state index is 14.0. The topological polar surface area (TPSA) is 69.7 Å². The highest BCUT2D eigenvalue weighted by Gasteiger charge is 2.68. The van der Waals surface area contributed by atoms with Gasteiger partial charge in [-0.05, 0) is 37.3 Å². The predicted octanol–water partition coefficient (Wildman–Crippen LogP) is 4.94. The summed E-state index contributed by atoms with van der Waals surface area (Å²) in [5.74, 6) is -1.88. The van der Waals surface area contributed by atoms with Gasteiger partial charge in [-0.25, -0.2) is 4.79 Å². The van der Waals surface area contributed by atoms with Crippen molar-refractivity contribution >= 4 is 29.9 Å². The van der Waals surface area contributed by atoms with Crippen LogP contribution in [0.1, 0.15) is 48.9 Å². The molecule has 0 spiro atoms. The lowest BCUT2D eigenvalue weighted by Crippen LogP contribution is -2.44. The average molecular weight is 469 g/mol. The summed E-state index contributed by atoms with van der Waals surface area (Å²) in [6.07, 6.45) is 4.70. The van der Waals surface area contributed by atoms with Gasteiger partial charge in [0, 0.05) is 40.9 Å². The molecule has 6 unspecified atom stereocenters. The van der Waals surface area contributed by atoms with Crippen LogP contribution >= 0.6 is 0 Å². The third-order valence-corrected chi connectivity index (χ3v) is 8.62. The van der Waals surface area contributed by atoms with Gasteiger partial charge in [0.15, 0.2) is 5.60 Å². The Kier molecular flexibility index (Phi) is 4.89. The summed E-state index contributed by atoms with van der Waals surface area (Å²) in [6, 6.07) is 15.8. The molecule has 5 heteroatoms. The second-order valence-corrected chi connectivity index (χ2v) is 10.6. The predicted molar refractivity (Wildman–Crippen MR) is 131 cm³/mol. The molecule has 0 aliphatic heterocycles. The smallest absolute Gasteiger partial charge is 0.333 e. The van der Waals surface area contributed by atoms with Crippen molar-refractivity contribution in [2.24, 2.45) is 29.6 Å². The van der Waals surface area contributed by atoms with E-state index in [1.807, 2.05) is 67.6 Å². The van der Waals surface area contributed by atoms with E-state index in [1.54, 1.807) is 6.92 Å². The van der Waals surface area contributed by atoms with Crippen LogP contribution < -0.4 is 0 Å². The largest absolute Gasteiger partial charge is 0.458 e. The van der Waals surface area contributed by atoms with Crippen molar-refractivity contribution in [1.82, 2.24) is 0 Å². The molecule has 0 heterocycles. The van der Waals surface area contributed by atoms with Gasteiger partial charge in [0.1, 0.15) is 11.9 Å². The molecule has 0 N–H and O–H groups in total. The molecular weight excluding hydrogens is 440 g/mol. The number of benzene rings is 2. The Hall–Kier alpha value is -3.47. The average Bonchev–Trinajstić information content (AvgIpc) is 3.43. The van der Waals surface area contributed by atoms with Gasteiger partial charge in [0.25, 0.3) is 0 Å². The molecule has 0 aromatic heterocycles. The van der Waals surface area contributed by atoms with E-state index in [1.165, 1.54) is 0 Å². The standard InChI is InChI=1S/C30H28O5/c1-16(2)28(32)34-27-20-15-24(31)25-19(20)14-21(27)26(25)29(33)35-30(3)22-10-6-4-8-17(22)12-13-18-9-5-7-11-23(18)30/h4-13,19-21,25-27H,1,14-15H2,2-3H3. The van der Waals surface area contributed by atoms with Gasteiger partial charge < -0.3 is 9.47 Å². The van der Waals surface area contributed by atoms with E-state index in [0.29, 0.717) is 18.4 Å². The molecule has 2 bridgehead atoms. The number of carbonyl (C=O) groups is 3. The van der Waals surface area contributed by atoms with Gasteiger partial charge in [-0.2, -0.15) is 0 Å². The highest BCUT2D eigenvalue weighted by atomic mass is 16.6. The lowest BCUT2D eigenvalue weighted by molar-refractivity contribution is -0.171. The Balaban J connectivity index is 1.38. The van der Waals surface area contributed by atoms with Crippen molar-refractivity contribution in [2.75, 3.05) is 0 Å². The molecule has 3 saturated carbocycles. The van der Waals surface area contributed by atoms with Crippen LogP contribution in [0.5, 0.6) is 0 Å². The molecule has 35 heavy (non-hydrogen) atoms. The number of carbonyl (C=O) groups excluding carboxylic acids is 3. The molecule has 6 rings (SSSR count). The number of fused-ring (bicyclic) bond motifs is 3. The van der Waals surface area contributed by atoms with Crippen LogP contribution in [-0.4, -0.2) is 23.8 Å². The van der Waals surface area contributed by atoms with Gasteiger partial charge in [-0.3, -0.25) is 9.59 Å². The highest BCUT2D eigenvalue weighted by Crippen LogP contribution is 2.62. The Morgan fingerprint density at radius 1 is 0.943 bits per heavy atom.